The van der Waals surface area contributed by atoms with E-state index in [1.54, 1.807) is 22.7 Å². The molecule has 1 heterocycles. The molecule has 48 heavy (non-hydrogen) atoms. The summed E-state index contributed by atoms with van der Waals surface area (Å²) in [5.41, 5.74) is 6.60. The third-order valence-electron chi connectivity index (χ3n) is 8.50. The molecule has 8 nitrogen and oxygen atoms in total. The number of carboxylic acid groups (broad SMARTS) is 1. The highest BCUT2D eigenvalue weighted by atomic mass is 32.2. The van der Waals surface area contributed by atoms with Crippen molar-refractivity contribution in [3.8, 4) is 5.75 Å². The Hall–Kier alpha value is -3.95. The number of amides is 1. The number of nitrogens with zero attached hydrogens (tertiary/aromatic N) is 2. The average Bonchev–Trinajstić information content (AvgIpc) is 3.54. The summed E-state index contributed by atoms with van der Waals surface area (Å²) < 4.78 is 6.06. The molecule has 1 aliphatic heterocycles. The van der Waals surface area contributed by atoms with Gasteiger partial charge in [-0.3, -0.25) is 4.79 Å². The first-order valence-electron chi connectivity index (χ1n) is 17.1. The molecule has 4 rings (SSSR count). The first-order chi connectivity index (χ1) is 23.1. The van der Waals surface area contributed by atoms with Gasteiger partial charge in [-0.2, -0.15) is 0 Å². The van der Waals surface area contributed by atoms with E-state index < -0.39 is 5.97 Å². The summed E-state index contributed by atoms with van der Waals surface area (Å²) in [7, 11) is 3.62. The fourth-order valence-electron chi connectivity index (χ4n) is 5.92. The summed E-state index contributed by atoms with van der Waals surface area (Å²) in [5, 5.41) is 17.9. The van der Waals surface area contributed by atoms with Gasteiger partial charge in [0.25, 0.3) is 0 Å². The van der Waals surface area contributed by atoms with Crippen LogP contribution in [0, 0.1) is 0 Å². The number of rotatable bonds is 18. The zero-order chi connectivity index (χ0) is 34.6. The van der Waals surface area contributed by atoms with Crippen LogP contribution in [0.1, 0.15) is 92.8 Å². The Kier molecular flexibility index (Phi) is 13.8. The third-order valence-corrected chi connectivity index (χ3v) is 9.45. The monoisotopic (exact) mass is 672 g/mol. The van der Waals surface area contributed by atoms with Crippen LogP contribution in [-0.4, -0.2) is 60.5 Å². The Morgan fingerprint density at radius 2 is 1.71 bits per heavy atom. The number of hydrogen-bond donors (Lipinski definition) is 3. The fraction of sp³-hybridized carbons (Fsp3) is 0.436. The van der Waals surface area contributed by atoms with E-state index in [1.807, 2.05) is 14.1 Å². The molecule has 0 fully saturated rings. The number of likely N-dealkylation sites (N-methyl/N-ethyl adjacent to an activating group) is 1. The van der Waals surface area contributed by atoms with Gasteiger partial charge >= 0.3 is 5.97 Å². The van der Waals surface area contributed by atoms with Crippen LogP contribution in [0.25, 0.3) is 5.70 Å². The molecular formula is C39H52N4O4S. The number of carbonyl (C=O) groups excluding carboxylic acids is 1. The fourth-order valence-corrected chi connectivity index (χ4v) is 6.76. The van der Waals surface area contributed by atoms with Gasteiger partial charge in [-0.15, -0.1) is 11.8 Å². The number of unbranched alkanes of at least 4 members (excludes halogenated alkanes) is 1. The Morgan fingerprint density at radius 3 is 2.33 bits per heavy atom. The second kappa shape index (κ2) is 18.0. The zero-order valence-electron chi connectivity index (χ0n) is 29.3. The van der Waals surface area contributed by atoms with Crippen molar-refractivity contribution in [1.82, 2.24) is 10.2 Å². The molecule has 1 amide bonds. The van der Waals surface area contributed by atoms with E-state index in [0.717, 1.165) is 17.8 Å². The summed E-state index contributed by atoms with van der Waals surface area (Å²) >= 11 is 1.61. The standard InChI is InChI=1S/C39H52N4O4S/c1-7-9-11-29(10-8-2)30-16-19-33(20-17-30)43(27(3)4)23-28-12-14-31(15-13-28)35-26-48-38(41-35)25-47-36-22-32(39(45)46)18-21-34(36)40-37(44)24-42(5)6/h12-22,26-27,29,38,41H,7-11,23-25H2,1-6H3,(H,40,44)(H,45,46). The molecule has 0 spiro atoms. The van der Waals surface area contributed by atoms with E-state index in [0.29, 0.717) is 23.4 Å². The number of nitrogens with one attached hydrogen (secondary N) is 2. The van der Waals surface area contributed by atoms with Crippen molar-refractivity contribution >= 4 is 40.7 Å². The molecular weight excluding hydrogens is 621 g/mol. The van der Waals surface area contributed by atoms with Crippen molar-refractivity contribution in [2.75, 3.05) is 37.5 Å². The molecule has 2 unspecified atom stereocenters. The molecule has 9 heteroatoms. The molecule has 0 bridgehead atoms. The van der Waals surface area contributed by atoms with Crippen molar-refractivity contribution in [1.29, 1.82) is 0 Å². The smallest absolute Gasteiger partial charge is 0.335 e. The van der Waals surface area contributed by atoms with Crippen molar-refractivity contribution in [3.05, 3.63) is 94.4 Å². The molecule has 3 N–H and O–H groups in total. The summed E-state index contributed by atoms with van der Waals surface area (Å²) in [4.78, 5) is 28.2. The van der Waals surface area contributed by atoms with Crippen LogP contribution in [0.4, 0.5) is 11.4 Å². The highest BCUT2D eigenvalue weighted by molar-refractivity contribution is 8.03. The van der Waals surface area contributed by atoms with Crippen LogP contribution in [0.5, 0.6) is 5.75 Å². The van der Waals surface area contributed by atoms with Gasteiger partial charge in [0.05, 0.1) is 17.8 Å². The van der Waals surface area contributed by atoms with Gasteiger partial charge < -0.3 is 30.3 Å². The number of thioether (sulfide) groups is 1. The maximum atomic E-state index is 12.4. The van der Waals surface area contributed by atoms with Gasteiger partial charge in [-0.1, -0.05) is 69.5 Å². The van der Waals surface area contributed by atoms with E-state index in [-0.39, 0.29) is 30.0 Å². The molecule has 258 valence electrons. The third kappa shape index (κ3) is 10.5. The Bertz CT molecular complexity index is 1520. The highest BCUT2D eigenvalue weighted by Gasteiger charge is 2.21. The lowest BCUT2D eigenvalue weighted by Crippen LogP contribution is -2.30. The summed E-state index contributed by atoms with van der Waals surface area (Å²) in [6.07, 6.45) is 6.25. The average molecular weight is 673 g/mol. The van der Waals surface area contributed by atoms with Crippen molar-refractivity contribution < 1.29 is 19.4 Å². The van der Waals surface area contributed by atoms with Gasteiger partial charge in [-0.05, 0) is 99.1 Å². The van der Waals surface area contributed by atoms with Gasteiger partial charge in [0.15, 0.2) is 0 Å². The molecule has 1 aliphatic rings. The number of aromatic carboxylic acids is 1. The normalized spacial score (nSPS) is 14.8. The van der Waals surface area contributed by atoms with E-state index in [9.17, 15) is 14.7 Å². The van der Waals surface area contributed by atoms with Crippen LogP contribution < -0.4 is 20.3 Å². The largest absolute Gasteiger partial charge is 0.488 e. The lowest BCUT2D eigenvalue weighted by atomic mass is 9.89. The van der Waals surface area contributed by atoms with E-state index in [1.165, 1.54) is 61.1 Å². The lowest BCUT2D eigenvalue weighted by Gasteiger charge is -2.30. The molecule has 0 aromatic heterocycles. The Labute approximate surface area is 290 Å². The van der Waals surface area contributed by atoms with Crippen LogP contribution in [0.2, 0.25) is 0 Å². The first-order valence-corrected chi connectivity index (χ1v) is 18.0. The Morgan fingerprint density at radius 1 is 0.979 bits per heavy atom. The molecule has 0 aliphatic carbocycles. The molecule has 0 radical (unpaired) electrons. The topological polar surface area (TPSA) is 94.1 Å². The molecule has 3 aromatic carbocycles. The maximum absolute atomic E-state index is 12.4. The van der Waals surface area contributed by atoms with Crippen molar-refractivity contribution in [2.45, 2.75) is 83.7 Å². The second-order valence-electron chi connectivity index (χ2n) is 13.1. The van der Waals surface area contributed by atoms with Crippen molar-refractivity contribution in [2.24, 2.45) is 0 Å². The minimum Gasteiger partial charge on any atom is -0.488 e. The maximum Gasteiger partial charge on any atom is 0.335 e. The predicted octanol–water partition coefficient (Wildman–Crippen LogP) is 8.41. The number of benzene rings is 3. The number of hydrogen-bond acceptors (Lipinski definition) is 7. The zero-order valence-corrected chi connectivity index (χ0v) is 30.1. The minimum atomic E-state index is -1.06. The number of ether oxygens (including phenoxy) is 1. The van der Waals surface area contributed by atoms with E-state index in [2.05, 4.69) is 97.2 Å². The number of carbonyl (C=O) groups is 2. The lowest BCUT2D eigenvalue weighted by molar-refractivity contribution is -0.116. The highest BCUT2D eigenvalue weighted by Crippen LogP contribution is 2.32. The quantitative estimate of drug-likeness (QED) is 0.124. The number of anilines is 2. The van der Waals surface area contributed by atoms with Crippen molar-refractivity contribution in [3.63, 3.8) is 0 Å². The van der Waals surface area contributed by atoms with Crippen LogP contribution in [0.15, 0.2) is 72.1 Å². The predicted molar refractivity (Wildman–Crippen MR) is 200 cm³/mol. The molecule has 0 saturated carbocycles. The van der Waals surface area contributed by atoms with E-state index >= 15 is 0 Å². The molecule has 3 aromatic rings. The first kappa shape index (κ1) is 36.9. The number of carboxylic acids is 1. The van der Waals surface area contributed by atoms with Gasteiger partial charge in [0, 0.05) is 24.0 Å². The van der Waals surface area contributed by atoms with Crippen LogP contribution in [0.3, 0.4) is 0 Å². The van der Waals surface area contributed by atoms with E-state index in [4.69, 9.17) is 4.74 Å². The van der Waals surface area contributed by atoms with Gasteiger partial charge in [-0.25, -0.2) is 4.79 Å². The summed E-state index contributed by atoms with van der Waals surface area (Å²) in [6.45, 7) is 10.3. The van der Waals surface area contributed by atoms with Gasteiger partial charge in [0.1, 0.15) is 17.7 Å². The Balaban J connectivity index is 1.36. The summed E-state index contributed by atoms with van der Waals surface area (Å²) in [6, 6.07) is 22.8. The van der Waals surface area contributed by atoms with Gasteiger partial charge in [0.2, 0.25) is 5.91 Å². The molecule has 2 atom stereocenters. The molecule has 0 saturated heterocycles. The SMILES string of the molecule is CCCCC(CCC)c1ccc(N(Cc2ccc(C3=CSC(COc4cc(C(=O)O)ccc4NC(=O)CN(C)C)N3)cc2)C(C)C)cc1. The minimum absolute atomic E-state index is 0.0724. The second-order valence-corrected chi connectivity index (χ2v) is 14.1. The van der Waals surface area contributed by atoms with Crippen LogP contribution >= 0.6 is 11.8 Å². The van der Waals surface area contributed by atoms with Crippen LogP contribution in [-0.2, 0) is 11.3 Å². The summed E-state index contributed by atoms with van der Waals surface area (Å²) in [5.74, 6) is -0.293.